The van der Waals surface area contributed by atoms with Crippen LogP contribution in [0.15, 0.2) is 12.7 Å². The average molecular weight is 142 g/mol. The Kier molecular flexibility index (Phi) is 4.85. The zero-order chi connectivity index (χ0) is 7.98. The molecule has 0 amide bonds. The van der Waals surface area contributed by atoms with Crippen molar-refractivity contribution in [3.05, 3.63) is 12.7 Å². The minimum atomic E-state index is -0.275. The number of rotatable bonds is 5. The van der Waals surface area contributed by atoms with Gasteiger partial charge in [0, 0.05) is 6.61 Å². The quantitative estimate of drug-likeness (QED) is 0.544. The highest BCUT2D eigenvalue weighted by atomic mass is 16.5. The van der Waals surface area contributed by atoms with Gasteiger partial charge >= 0.3 is 0 Å². The van der Waals surface area contributed by atoms with Crippen molar-refractivity contribution in [1.29, 1.82) is 0 Å². The van der Waals surface area contributed by atoms with E-state index in [-0.39, 0.29) is 11.9 Å². The topological polar surface area (TPSA) is 26.3 Å². The van der Waals surface area contributed by atoms with Gasteiger partial charge in [-0.05, 0) is 19.4 Å². The van der Waals surface area contributed by atoms with Crippen molar-refractivity contribution < 1.29 is 9.53 Å². The first-order chi connectivity index (χ1) is 4.76. The SMILES string of the molecule is C=CC(=O)C(CC)OCC. The molecule has 0 aromatic rings. The molecular formula is C8H14O2. The third-order valence-electron chi connectivity index (χ3n) is 1.26. The highest BCUT2D eigenvalue weighted by Gasteiger charge is 2.11. The second-order valence-electron chi connectivity index (χ2n) is 1.96. The molecule has 0 aliphatic heterocycles. The van der Waals surface area contributed by atoms with Crippen LogP contribution in [0.4, 0.5) is 0 Å². The normalized spacial score (nSPS) is 12.6. The lowest BCUT2D eigenvalue weighted by Crippen LogP contribution is -2.21. The molecule has 0 aliphatic rings. The number of hydrogen-bond acceptors (Lipinski definition) is 2. The maximum absolute atomic E-state index is 10.9. The highest BCUT2D eigenvalue weighted by Crippen LogP contribution is 1.99. The Morgan fingerprint density at radius 2 is 2.30 bits per heavy atom. The summed E-state index contributed by atoms with van der Waals surface area (Å²) in [6.45, 7) is 7.76. The van der Waals surface area contributed by atoms with Gasteiger partial charge in [0.05, 0.1) is 0 Å². The maximum Gasteiger partial charge on any atom is 0.183 e. The summed E-state index contributed by atoms with van der Waals surface area (Å²) in [5, 5.41) is 0. The lowest BCUT2D eigenvalue weighted by Gasteiger charge is -2.09. The van der Waals surface area contributed by atoms with Crippen molar-refractivity contribution in [2.75, 3.05) is 6.61 Å². The predicted octanol–water partition coefficient (Wildman–Crippen LogP) is 1.56. The Balaban J connectivity index is 3.79. The molecule has 2 nitrogen and oxygen atoms in total. The number of ketones is 1. The fourth-order valence-electron chi connectivity index (χ4n) is 0.734. The summed E-state index contributed by atoms with van der Waals surface area (Å²) >= 11 is 0. The first kappa shape index (κ1) is 9.37. The van der Waals surface area contributed by atoms with Crippen LogP contribution in [0.2, 0.25) is 0 Å². The smallest absolute Gasteiger partial charge is 0.183 e. The van der Waals surface area contributed by atoms with E-state index in [0.717, 1.165) is 6.42 Å². The van der Waals surface area contributed by atoms with Crippen LogP contribution in [-0.2, 0) is 9.53 Å². The van der Waals surface area contributed by atoms with Gasteiger partial charge in [-0.2, -0.15) is 0 Å². The van der Waals surface area contributed by atoms with Crippen molar-refractivity contribution >= 4 is 5.78 Å². The molecule has 0 N–H and O–H groups in total. The Morgan fingerprint density at radius 3 is 2.60 bits per heavy atom. The van der Waals surface area contributed by atoms with Crippen LogP contribution in [0, 0.1) is 0 Å². The highest BCUT2D eigenvalue weighted by molar-refractivity contribution is 5.92. The van der Waals surface area contributed by atoms with Gasteiger partial charge in [0.1, 0.15) is 6.10 Å². The first-order valence-corrected chi connectivity index (χ1v) is 3.54. The van der Waals surface area contributed by atoms with Gasteiger partial charge in [-0.15, -0.1) is 0 Å². The summed E-state index contributed by atoms with van der Waals surface area (Å²) in [5.41, 5.74) is 0. The molecule has 1 unspecified atom stereocenters. The van der Waals surface area contributed by atoms with Crippen molar-refractivity contribution in [2.45, 2.75) is 26.4 Å². The average Bonchev–Trinajstić information content (AvgIpc) is 1.99. The molecule has 0 rings (SSSR count). The summed E-state index contributed by atoms with van der Waals surface area (Å²) in [6, 6.07) is 0. The van der Waals surface area contributed by atoms with E-state index in [1.165, 1.54) is 6.08 Å². The molecule has 58 valence electrons. The van der Waals surface area contributed by atoms with Crippen molar-refractivity contribution in [1.82, 2.24) is 0 Å². The zero-order valence-electron chi connectivity index (χ0n) is 6.59. The Bertz CT molecular complexity index is 118. The van der Waals surface area contributed by atoms with E-state index in [4.69, 9.17) is 4.74 Å². The van der Waals surface area contributed by atoms with Gasteiger partial charge in [0.25, 0.3) is 0 Å². The van der Waals surface area contributed by atoms with Crippen LogP contribution in [0.25, 0.3) is 0 Å². The van der Waals surface area contributed by atoms with Crippen LogP contribution in [-0.4, -0.2) is 18.5 Å². The molecule has 0 spiro atoms. The van der Waals surface area contributed by atoms with Gasteiger partial charge in [-0.3, -0.25) is 4.79 Å². The van der Waals surface area contributed by atoms with Gasteiger partial charge in [-0.1, -0.05) is 13.5 Å². The summed E-state index contributed by atoms with van der Waals surface area (Å²) in [4.78, 5) is 10.9. The molecule has 0 saturated heterocycles. The molecule has 0 fully saturated rings. The second-order valence-corrected chi connectivity index (χ2v) is 1.96. The number of carbonyl (C=O) groups is 1. The zero-order valence-corrected chi connectivity index (χ0v) is 6.59. The van der Waals surface area contributed by atoms with E-state index in [0.29, 0.717) is 6.61 Å². The minimum Gasteiger partial charge on any atom is -0.370 e. The number of hydrogen-bond donors (Lipinski definition) is 0. The molecule has 2 heteroatoms. The molecule has 0 saturated carbocycles. The molecule has 0 heterocycles. The third kappa shape index (κ3) is 2.78. The van der Waals surface area contributed by atoms with E-state index in [2.05, 4.69) is 6.58 Å². The predicted molar refractivity (Wildman–Crippen MR) is 40.9 cm³/mol. The molecule has 10 heavy (non-hydrogen) atoms. The van der Waals surface area contributed by atoms with Crippen molar-refractivity contribution in [3.8, 4) is 0 Å². The monoisotopic (exact) mass is 142 g/mol. The van der Waals surface area contributed by atoms with Gasteiger partial charge in [0.15, 0.2) is 5.78 Å². The third-order valence-corrected chi connectivity index (χ3v) is 1.26. The molecule has 0 aromatic carbocycles. The fourth-order valence-corrected chi connectivity index (χ4v) is 0.734. The van der Waals surface area contributed by atoms with Crippen LogP contribution in [0.1, 0.15) is 20.3 Å². The van der Waals surface area contributed by atoms with Gasteiger partial charge in [-0.25, -0.2) is 0 Å². The van der Waals surface area contributed by atoms with Crippen LogP contribution < -0.4 is 0 Å². The van der Waals surface area contributed by atoms with Crippen LogP contribution in [0.3, 0.4) is 0 Å². The summed E-state index contributed by atoms with van der Waals surface area (Å²) in [5.74, 6) is -0.0237. The van der Waals surface area contributed by atoms with E-state index in [9.17, 15) is 4.79 Å². The van der Waals surface area contributed by atoms with Crippen molar-refractivity contribution in [3.63, 3.8) is 0 Å². The van der Waals surface area contributed by atoms with E-state index in [1.54, 1.807) is 0 Å². The molecule has 0 aliphatic carbocycles. The van der Waals surface area contributed by atoms with Crippen LogP contribution in [0.5, 0.6) is 0 Å². The molecule has 0 bridgehead atoms. The Labute approximate surface area is 61.9 Å². The molecule has 0 radical (unpaired) electrons. The first-order valence-electron chi connectivity index (χ1n) is 3.54. The van der Waals surface area contributed by atoms with E-state index >= 15 is 0 Å². The number of carbonyl (C=O) groups excluding carboxylic acids is 1. The number of ether oxygens (including phenoxy) is 1. The lowest BCUT2D eigenvalue weighted by molar-refractivity contribution is -0.125. The van der Waals surface area contributed by atoms with Gasteiger partial charge in [0.2, 0.25) is 0 Å². The van der Waals surface area contributed by atoms with Crippen LogP contribution >= 0.6 is 0 Å². The lowest BCUT2D eigenvalue weighted by atomic mass is 10.2. The molecule has 1 atom stereocenters. The van der Waals surface area contributed by atoms with E-state index < -0.39 is 0 Å². The minimum absolute atomic E-state index is 0.0237. The summed E-state index contributed by atoms with van der Waals surface area (Å²) in [7, 11) is 0. The molecular weight excluding hydrogens is 128 g/mol. The summed E-state index contributed by atoms with van der Waals surface area (Å²) in [6.07, 6.45) is 1.75. The Hall–Kier alpha value is -0.630. The fraction of sp³-hybridized carbons (Fsp3) is 0.625. The van der Waals surface area contributed by atoms with Gasteiger partial charge < -0.3 is 4.74 Å². The summed E-state index contributed by atoms with van der Waals surface area (Å²) < 4.78 is 5.12. The van der Waals surface area contributed by atoms with Crippen molar-refractivity contribution in [2.24, 2.45) is 0 Å². The second kappa shape index (κ2) is 5.18. The Morgan fingerprint density at radius 1 is 1.70 bits per heavy atom. The molecule has 0 aromatic heterocycles. The maximum atomic E-state index is 10.9. The largest absolute Gasteiger partial charge is 0.370 e. The van der Waals surface area contributed by atoms with E-state index in [1.807, 2.05) is 13.8 Å². The standard InChI is InChI=1S/C8H14O2/c1-4-7(9)8(5-2)10-6-3/h4,8H,1,5-6H2,2-3H3.